The highest BCUT2D eigenvalue weighted by atomic mass is 16.5. The van der Waals surface area contributed by atoms with Crippen molar-refractivity contribution in [1.29, 1.82) is 0 Å². The van der Waals surface area contributed by atoms with Gasteiger partial charge in [0.25, 0.3) is 0 Å². The standard InChI is InChI=1S/C17H17NO3/c19-15-7-3-13-9-10-18-17(20)8-4-12-1-5-14(6-2-12)21-16(15)11-13/h1-3,5-7,11,19H,4,8-10H2,(H,18,20). The Hall–Kier alpha value is -2.49. The Morgan fingerprint density at radius 3 is 2.52 bits per heavy atom. The maximum absolute atomic E-state index is 11.8. The summed E-state index contributed by atoms with van der Waals surface area (Å²) in [7, 11) is 0. The Morgan fingerprint density at radius 2 is 1.71 bits per heavy atom. The van der Waals surface area contributed by atoms with E-state index in [1.165, 1.54) is 0 Å². The molecular formula is C17H17NO3. The number of fused-ring (bicyclic) bond motifs is 7. The van der Waals surface area contributed by atoms with E-state index in [0.29, 0.717) is 37.3 Å². The van der Waals surface area contributed by atoms with Crippen LogP contribution >= 0.6 is 0 Å². The first-order valence-corrected chi connectivity index (χ1v) is 7.06. The van der Waals surface area contributed by atoms with E-state index in [0.717, 1.165) is 11.1 Å². The number of hydrogen-bond donors (Lipinski definition) is 2. The molecule has 2 aliphatic heterocycles. The van der Waals surface area contributed by atoms with Gasteiger partial charge in [0.15, 0.2) is 11.5 Å². The lowest BCUT2D eigenvalue weighted by Gasteiger charge is -2.12. The molecule has 2 aromatic carbocycles. The third-order valence-corrected chi connectivity index (χ3v) is 3.55. The Labute approximate surface area is 123 Å². The van der Waals surface area contributed by atoms with Crippen molar-refractivity contribution in [2.24, 2.45) is 0 Å². The predicted molar refractivity (Wildman–Crippen MR) is 79.7 cm³/mol. The van der Waals surface area contributed by atoms with Crippen LogP contribution in [0.2, 0.25) is 0 Å². The summed E-state index contributed by atoms with van der Waals surface area (Å²) in [5.41, 5.74) is 2.10. The van der Waals surface area contributed by atoms with Gasteiger partial charge in [-0.1, -0.05) is 18.2 Å². The molecule has 2 N–H and O–H groups in total. The maximum atomic E-state index is 11.8. The van der Waals surface area contributed by atoms with Crippen molar-refractivity contribution in [3.8, 4) is 17.2 Å². The van der Waals surface area contributed by atoms with E-state index >= 15 is 0 Å². The molecule has 1 amide bonds. The highest BCUT2D eigenvalue weighted by molar-refractivity contribution is 5.76. The summed E-state index contributed by atoms with van der Waals surface area (Å²) in [6.07, 6.45) is 1.91. The fraction of sp³-hybridized carbons (Fsp3) is 0.235. The van der Waals surface area contributed by atoms with Gasteiger partial charge in [0.1, 0.15) is 5.75 Å². The molecule has 0 spiro atoms. The fourth-order valence-corrected chi connectivity index (χ4v) is 2.34. The fourth-order valence-electron chi connectivity index (χ4n) is 2.34. The van der Waals surface area contributed by atoms with Crippen LogP contribution in [-0.2, 0) is 17.6 Å². The molecule has 0 radical (unpaired) electrons. The lowest BCUT2D eigenvalue weighted by atomic mass is 10.1. The summed E-state index contributed by atoms with van der Waals surface area (Å²) < 4.78 is 5.73. The van der Waals surface area contributed by atoms with Crippen LogP contribution in [0.1, 0.15) is 17.5 Å². The lowest BCUT2D eigenvalue weighted by Crippen LogP contribution is -2.25. The number of amides is 1. The summed E-state index contributed by atoms with van der Waals surface area (Å²) in [6.45, 7) is 0.584. The van der Waals surface area contributed by atoms with E-state index in [-0.39, 0.29) is 11.7 Å². The van der Waals surface area contributed by atoms with E-state index in [1.807, 2.05) is 30.3 Å². The first-order valence-electron chi connectivity index (χ1n) is 7.06. The predicted octanol–water partition coefficient (Wildman–Crippen LogP) is 2.79. The number of aryl methyl sites for hydroxylation is 1. The summed E-state index contributed by atoms with van der Waals surface area (Å²) in [6, 6.07) is 12.8. The second-order valence-corrected chi connectivity index (χ2v) is 5.15. The second kappa shape index (κ2) is 5.87. The van der Waals surface area contributed by atoms with Crippen LogP contribution in [0, 0.1) is 0 Å². The van der Waals surface area contributed by atoms with Gasteiger partial charge in [0.2, 0.25) is 5.91 Å². The van der Waals surface area contributed by atoms with E-state index < -0.39 is 0 Å². The zero-order valence-corrected chi connectivity index (χ0v) is 11.6. The topological polar surface area (TPSA) is 58.6 Å². The summed E-state index contributed by atoms with van der Waals surface area (Å²) in [5, 5.41) is 12.8. The smallest absolute Gasteiger partial charge is 0.220 e. The summed E-state index contributed by atoms with van der Waals surface area (Å²) in [4.78, 5) is 11.8. The molecule has 0 saturated carbocycles. The Kier molecular flexibility index (Phi) is 3.77. The van der Waals surface area contributed by atoms with Gasteiger partial charge in [-0.25, -0.2) is 0 Å². The Bertz CT molecular complexity index is 650. The van der Waals surface area contributed by atoms with Crippen molar-refractivity contribution >= 4 is 5.91 Å². The van der Waals surface area contributed by atoms with Crippen molar-refractivity contribution in [2.45, 2.75) is 19.3 Å². The maximum Gasteiger partial charge on any atom is 0.220 e. The number of benzene rings is 2. The normalized spacial score (nSPS) is 15.0. The average Bonchev–Trinajstić information content (AvgIpc) is 2.49. The molecular weight excluding hydrogens is 266 g/mol. The molecule has 0 fully saturated rings. The third-order valence-electron chi connectivity index (χ3n) is 3.55. The van der Waals surface area contributed by atoms with Crippen LogP contribution in [0.15, 0.2) is 42.5 Å². The van der Waals surface area contributed by atoms with Crippen LogP contribution in [0.4, 0.5) is 0 Å². The van der Waals surface area contributed by atoms with Gasteiger partial charge in [-0.15, -0.1) is 0 Å². The van der Waals surface area contributed by atoms with E-state index in [1.54, 1.807) is 12.1 Å². The van der Waals surface area contributed by atoms with Crippen molar-refractivity contribution in [1.82, 2.24) is 5.32 Å². The molecule has 0 aromatic heterocycles. The third kappa shape index (κ3) is 3.34. The quantitative estimate of drug-likeness (QED) is 0.781. The van der Waals surface area contributed by atoms with Crippen LogP contribution in [0.5, 0.6) is 17.2 Å². The monoisotopic (exact) mass is 283 g/mol. The Morgan fingerprint density at radius 1 is 0.952 bits per heavy atom. The van der Waals surface area contributed by atoms with E-state index in [2.05, 4.69) is 5.32 Å². The molecule has 2 aromatic rings. The first-order chi connectivity index (χ1) is 10.2. The minimum atomic E-state index is 0.0615. The van der Waals surface area contributed by atoms with Gasteiger partial charge >= 0.3 is 0 Å². The van der Waals surface area contributed by atoms with Gasteiger partial charge in [0, 0.05) is 13.0 Å². The zero-order valence-electron chi connectivity index (χ0n) is 11.6. The molecule has 4 heteroatoms. The van der Waals surface area contributed by atoms with Crippen molar-refractivity contribution in [3.63, 3.8) is 0 Å². The molecule has 0 atom stereocenters. The number of carbonyl (C=O) groups is 1. The molecule has 4 nitrogen and oxygen atoms in total. The minimum Gasteiger partial charge on any atom is -0.504 e. The molecule has 0 unspecified atom stereocenters. The first kappa shape index (κ1) is 13.5. The van der Waals surface area contributed by atoms with E-state index in [9.17, 15) is 9.90 Å². The number of ether oxygens (including phenoxy) is 1. The highest BCUT2D eigenvalue weighted by Gasteiger charge is 2.08. The lowest BCUT2D eigenvalue weighted by molar-refractivity contribution is -0.121. The SMILES string of the molecule is O=C1CCc2ccc(cc2)Oc2cc(ccc2O)CCN1. The number of phenolic OH excluding ortho intramolecular Hbond substituents is 1. The molecule has 0 saturated heterocycles. The number of phenols is 1. The number of nitrogens with one attached hydrogen (secondary N) is 1. The average molecular weight is 283 g/mol. The van der Waals surface area contributed by atoms with Gasteiger partial charge < -0.3 is 15.2 Å². The van der Waals surface area contributed by atoms with Gasteiger partial charge in [-0.3, -0.25) is 4.79 Å². The van der Waals surface area contributed by atoms with Gasteiger partial charge in [-0.05, 0) is 48.2 Å². The zero-order chi connectivity index (χ0) is 14.7. The largest absolute Gasteiger partial charge is 0.504 e. The number of carbonyl (C=O) groups excluding carboxylic acids is 1. The molecule has 108 valence electrons. The van der Waals surface area contributed by atoms with Gasteiger partial charge in [-0.2, -0.15) is 0 Å². The molecule has 2 heterocycles. The molecule has 4 rings (SSSR count). The van der Waals surface area contributed by atoms with Crippen molar-refractivity contribution in [2.75, 3.05) is 6.54 Å². The van der Waals surface area contributed by atoms with Crippen molar-refractivity contribution in [3.05, 3.63) is 53.6 Å². The van der Waals surface area contributed by atoms with E-state index in [4.69, 9.17) is 4.74 Å². The number of rotatable bonds is 0. The second-order valence-electron chi connectivity index (χ2n) is 5.15. The summed E-state index contributed by atoms with van der Waals surface area (Å²) in [5.74, 6) is 1.28. The van der Waals surface area contributed by atoms with Crippen LogP contribution in [0.3, 0.4) is 0 Å². The van der Waals surface area contributed by atoms with Crippen LogP contribution in [-0.4, -0.2) is 17.6 Å². The minimum absolute atomic E-state index is 0.0615. The van der Waals surface area contributed by atoms with Crippen LogP contribution < -0.4 is 10.1 Å². The van der Waals surface area contributed by atoms with Crippen molar-refractivity contribution < 1.29 is 14.6 Å². The van der Waals surface area contributed by atoms with Gasteiger partial charge in [0.05, 0.1) is 0 Å². The molecule has 21 heavy (non-hydrogen) atoms. The number of aromatic hydroxyl groups is 1. The summed E-state index contributed by atoms with van der Waals surface area (Å²) >= 11 is 0. The van der Waals surface area contributed by atoms with Crippen LogP contribution in [0.25, 0.3) is 0 Å². The molecule has 2 aliphatic rings. The Balaban J connectivity index is 1.94. The molecule has 0 aliphatic carbocycles. The number of hydrogen-bond acceptors (Lipinski definition) is 3. The highest BCUT2D eigenvalue weighted by Crippen LogP contribution is 2.31. The molecule has 4 bridgehead atoms.